The van der Waals surface area contributed by atoms with E-state index < -0.39 is 23.6 Å². The van der Waals surface area contributed by atoms with Gasteiger partial charge in [0.05, 0.1) is 31.9 Å². The molecule has 0 radical (unpaired) electrons. The standard InChI is InChI=1S/C28H33N3O7/c1-18-16-21(36-2)8-9-22(18)26(33)24-25(19-4-6-20(7-5-19)38-17-23(29)32)31(28(35)27(24)34)11-3-10-30-12-14-37-15-13-30/h4-9,16,25,33H,3,10-15,17H2,1-2H3,(H2,29,32)/b26-24+. The number of carbonyl (C=O) groups excluding carboxylic acids is 3. The summed E-state index contributed by atoms with van der Waals surface area (Å²) in [5.74, 6) is -1.19. The molecule has 202 valence electrons. The van der Waals surface area contributed by atoms with E-state index in [-0.39, 0.29) is 17.9 Å². The van der Waals surface area contributed by atoms with E-state index in [9.17, 15) is 19.5 Å². The van der Waals surface area contributed by atoms with E-state index >= 15 is 0 Å². The summed E-state index contributed by atoms with van der Waals surface area (Å²) in [5, 5.41) is 11.4. The molecule has 38 heavy (non-hydrogen) atoms. The van der Waals surface area contributed by atoms with Crippen molar-refractivity contribution in [3.63, 3.8) is 0 Å². The Morgan fingerprint density at radius 2 is 1.76 bits per heavy atom. The van der Waals surface area contributed by atoms with E-state index in [1.54, 1.807) is 56.5 Å². The van der Waals surface area contributed by atoms with Gasteiger partial charge in [-0.15, -0.1) is 0 Å². The second-order valence-electron chi connectivity index (χ2n) is 9.30. The summed E-state index contributed by atoms with van der Waals surface area (Å²) in [6.45, 7) is 5.64. The number of ketones is 1. The summed E-state index contributed by atoms with van der Waals surface area (Å²) in [4.78, 5) is 41.4. The first-order chi connectivity index (χ1) is 18.3. The molecule has 2 saturated heterocycles. The molecule has 2 amide bonds. The molecule has 10 heteroatoms. The van der Waals surface area contributed by atoms with Crippen molar-refractivity contribution in [3.8, 4) is 11.5 Å². The maximum absolute atomic E-state index is 13.3. The third-order valence-corrected chi connectivity index (χ3v) is 6.78. The van der Waals surface area contributed by atoms with E-state index in [1.165, 1.54) is 4.90 Å². The summed E-state index contributed by atoms with van der Waals surface area (Å²) >= 11 is 0. The summed E-state index contributed by atoms with van der Waals surface area (Å²) in [6.07, 6.45) is 0.658. The number of methoxy groups -OCH3 is 1. The molecule has 2 aliphatic heterocycles. The Bertz CT molecular complexity index is 1220. The molecule has 0 saturated carbocycles. The molecule has 0 aromatic heterocycles. The van der Waals surface area contributed by atoms with Crippen LogP contribution in [0.15, 0.2) is 48.0 Å². The third-order valence-electron chi connectivity index (χ3n) is 6.78. The molecule has 1 unspecified atom stereocenters. The van der Waals surface area contributed by atoms with Crippen LogP contribution in [0.25, 0.3) is 5.76 Å². The zero-order valence-electron chi connectivity index (χ0n) is 21.6. The first-order valence-electron chi connectivity index (χ1n) is 12.5. The van der Waals surface area contributed by atoms with E-state index in [0.717, 1.165) is 19.6 Å². The fourth-order valence-electron chi connectivity index (χ4n) is 4.82. The molecule has 2 heterocycles. The van der Waals surface area contributed by atoms with Crippen molar-refractivity contribution in [2.24, 2.45) is 5.73 Å². The Morgan fingerprint density at radius 1 is 1.08 bits per heavy atom. The van der Waals surface area contributed by atoms with Crippen LogP contribution >= 0.6 is 0 Å². The number of aliphatic hydroxyl groups is 1. The number of amides is 2. The highest BCUT2D eigenvalue weighted by Crippen LogP contribution is 2.40. The second kappa shape index (κ2) is 12.1. The number of morpholine rings is 1. The molecule has 1 atom stereocenters. The Balaban J connectivity index is 1.68. The fourth-order valence-corrected chi connectivity index (χ4v) is 4.82. The monoisotopic (exact) mass is 523 g/mol. The summed E-state index contributed by atoms with van der Waals surface area (Å²) in [6, 6.07) is 11.1. The Morgan fingerprint density at radius 3 is 2.39 bits per heavy atom. The molecule has 2 aromatic rings. The largest absolute Gasteiger partial charge is 0.507 e. The van der Waals surface area contributed by atoms with Crippen molar-refractivity contribution in [3.05, 3.63) is 64.7 Å². The van der Waals surface area contributed by atoms with Crippen molar-refractivity contribution in [2.75, 3.05) is 53.1 Å². The van der Waals surface area contributed by atoms with Crippen LogP contribution in [-0.4, -0.2) is 85.6 Å². The van der Waals surface area contributed by atoms with Crippen molar-refractivity contribution in [1.29, 1.82) is 0 Å². The normalized spacial score (nSPS) is 19.5. The number of ether oxygens (including phenoxy) is 3. The van der Waals surface area contributed by atoms with Gasteiger partial charge in [-0.05, 0) is 54.8 Å². The lowest BCUT2D eigenvalue weighted by Gasteiger charge is -2.29. The molecule has 2 aliphatic rings. The number of carbonyl (C=O) groups is 3. The highest BCUT2D eigenvalue weighted by Gasteiger charge is 2.46. The lowest BCUT2D eigenvalue weighted by molar-refractivity contribution is -0.140. The highest BCUT2D eigenvalue weighted by molar-refractivity contribution is 6.46. The van der Waals surface area contributed by atoms with Gasteiger partial charge >= 0.3 is 0 Å². The van der Waals surface area contributed by atoms with E-state index in [2.05, 4.69) is 4.90 Å². The Hall–Kier alpha value is -3.89. The van der Waals surface area contributed by atoms with Crippen LogP contribution in [0, 0.1) is 6.92 Å². The molecule has 0 bridgehead atoms. The average Bonchev–Trinajstić information content (AvgIpc) is 3.17. The van der Waals surface area contributed by atoms with Gasteiger partial charge < -0.3 is 30.0 Å². The van der Waals surface area contributed by atoms with Gasteiger partial charge in [0.2, 0.25) is 0 Å². The van der Waals surface area contributed by atoms with Crippen LogP contribution in [0.5, 0.6) is 11.5 Å². The van der Waals surface area contributed by atoms with Gasteiger partial charge in [0.1, 0.15) is 17.3 Å². The summed E-state index contributed by atoms with van der Waals surface area (Å²) < 4.78 is 16.0. The minimum atomic E-state index is -0.786. The zero-order valence-corrected chi connectivity index (χ0v) is 21.6. The molecule has 10 nitrogen and oxygen atoms in total. The Kier molecular flexibility index (Phi) is 8.65. The third kappa shape index (κ3) is 5.98. The smallest absolute Gasteiger partial charge is 0.295 e. The predicted octanol–water partition coefficient (Wildman–Crippen LogP) is 2.01. The summed E-state index contributed by atoms with van der Waals surface area (Å²) in [5.41, 5.74) is 6.97. The van der Waals surface area contributed by atoms with Crippen molar-refractivity contribution >= 4 is 23.4 Å². The molecule has 3 N–H and O–H groups in total. The number of likely N-dealkylation sites (tertiary alicyclic amines) is 1. The van der Waals surface area contributed by atoms with Crippen LogP contribution in [-0.2, 0) is 19.1 Å². The van der Waals surface area contributed by atoms with Gasteiger partial charge in [-0.25, -0.2) is 0 Å². The topological polar surface area (TPSA) is 132 Å². The zero-order chi connectivity index (χ0) is 27.2. The number of hydrogen-bond acceptors (Lipinski definition) is 8. The van der Waals surface area contributed by atoms with E-state index in [1.807, 2.05) is 0 Å². The minimum Gasteiger partial charge on any atom is -0.507 e. The average molecular weight is 524 g/mol. The molecular formula is C28H33N3O7. The molecule has 4 rings (SSSR count). The van der Waals surface area contributed by atoms with Crippen molar-refractivity contribution in [2.45, 2.75) is 19.4 Å². The van der Waals surface area contributed by atoms with Crippen LogP contribution in [0.4, 0.5) is 0 Å². The first kappa shape index (κ1) is 27.2. The van der Waals surface area contributed by atoms with Gasteiger partial charge in [0.25, 0.3) is 17.6 Å². The van der Waals surface area contributed by atoms with E-state index in [0.29, 0.717) is 54.4 Å². The number of aryl methyl sites for hydroxylation is 1. The highest BCUT2D eigenvalue weighted by atomic mass is 16.5. The molecule has 2 aromatic carbocycles. The van der Waals surface area contributed by atoms with Crippen molar-refractivity contribution < 1.29 is 33.7 Å². The number of Topliss-reactive ketones (excluding diaryl/α,β-unsaturated/α-hetero) is 1. The maximum atomic E-state index is 13.3. The maximum Gasteiger partial charge on any atom is 0.295 e. The van der Waals surface area contributed by atoms with Gasteiger partial charge in [0.15, 0.2) is 6.61 Å². The number of nitrogens with zero attached hydrogens (tertiary/aromatic N) is 2. The van der Waals surface area contributed by atoms with Crippen LogP contribution in [0.2, 0.25) is 0 Å². The second-order valence-corrected chi connectivity index (χ2v) is 9.30. The number of hydrogen-bond donors (Lipinski definition) is 2. The van der Waals surface area contributed by atoms with Gasteiger partial charge in [-0.3, -0.25) is 19.3 Å². The van der Waals surface area contributed by atoms with Crippen LogP contribution in [0.3, 0.4) is 0 Å². The van der Waals surface area contributed by atoms with Crippen LogP contribution in [0.1, 0.15) is 29.2 Å². The molecule has 0 aliphatic carbocycles. The Labute approximate surface area is 221 Å². The predicted molar refractivity (Wildman–Crippen MR) is 140 cm³/mol. The van der Waals surface area contributed by atoms with Crippen molar-refractivity contribution in [1.82, 2.24) is 9.80 Å². The SMILES string of the molecule is COc1ccc(/C(O)=C2\C(=O)C(=O)N(CCCN3CCOCC3)C2c2ccc(OCC(N)=O)cc2)c(C)c1. The number of primary amides is 1. The lowest BCUT2D eigenvalue weighted by atomic mass is 9.93. The van der Waals surface area contributed by atoms with Gasteiger partial charge in [0, 0.05) is 31.7 Å². The number of aliphatic hydroxyl groups excluding tert-OH is 1. The lowest BCUT2D eigenvalue weighted by Crippen LogP contribution is -2.38. The quantitative estimate of drug-likeness (QED) is 0.275. The fraction of sp³-hybridized carbons (Fsp3) is 0.393. The van der Waals surface area contributed by atoms with Gasteiger partial charge in [-0.1, -0.05) is 12.1 Å². The first-order valence-corrected chi connectivity index (χ1v) is 12.5. The molecular weight excluding hydrogens is 490 g/mol. The number of nitrogens with two attached hydrogens (primary N) is 1. The minimum absolute atomic E-state index is 0.0282. The number of rotatable bonds is 10. The summed E-state index contributed by atoms with van der Waals surface area (Å²) in [7, 11) is 1.55. The molecule has 2 fully saturated rings. The molecule has 0 spiro atoms. The van der Waals surface area contributed by atoms with E-state index in [4.69, 9.17) is 19.9 Å². The van der Waals surface area contributed by atoms with Gasteiger partial charge in [-0.2, -0.15) is 0 Å². The number of benzene rings is 2. The van der Waals surface area contributed by atoms with Crippen LogP contribution < -0.4 is 15.2 Å².